The van der Waals surface area contributed by atoms with Crippen molar-refractivity contribution in [1.82, 2.24) is 24.7 Å². The van der Waals surface area contributed by atoms with Crippen LogP contribution in [0.3, 0.4) is 0 Å². The van der Waals surface area contributed by atoms with E-state index < -0.39 is 0 Å². The quantitative estimate of drug-likeness (QED) is 0.618. The summed E-state index contributed by atoms with van der Waals surface area (Å²) in [5.41, 5.74) is 2.92. The van der Waals surface area contributed by atoms with Crippen molar-refractivity contribution in [3.8, 4) is 5.69 Å². The Morgan fingerprint density at radius 3 is 3.14 bits per heavy atom. The summed E-state index contributed by atoms with van der Waals surface area (Å²) in [7, 11) is 0. The summed E-state index contributed by atoms with van der Waals surface area (Å²) in [4.78, 5) is 11.1. The van der Waals surface area contributed by atoms with E-state index in [2.05, 4.69) is 20.1 Å². The average molecular weight is 185 g/mol. The fourth-order valence-electron chi connectivity index (χ4n) is 1.41. The highest BCUT2D eigenvalue weighted by Crippen LogP contribution is 2.13. The molecule has 0 aliphatic rings. The van der Waals surface area contributed by atoms with Crippen LogP contribution >= 0.6 is 0 Å². The molecule has 2 heterocycles. The molecule has 0 saturated carbocycles. The Bertz CT molecular complexity index is 551. The lowest BCUT2D eigenvalue weighted by atomic mass is 10.3. The van der Waals surface area contributed by atoms with Crippen LogP contribution in [-0.4, -0.2) is 24.7 Å². The van der Waals surface area contributed by atoms with Crippen LogP contribution in [0.25, 0.3) is 16.7 Å². The standard InChI is InChI=1S/C9H7N5/c1-2-8-9(12-5-11-8)3-7(1)14-6-10-4-13-14/h1-6H,(H,11,12). The first-order valence-electron chi connectivity index (χ1n) is 4.21. The molecule has 0 unspecified atom stereocenters. The number of benzene rings is 1. The smallest absolute Gasteiger partial charge is 0.138 e. The summed E-state index contributed by atoms with van der Waals surface area (Å²) in [6.45, 7) is 0. The van der Waals surface area contributed by atoms with Crippen LogP contribution in [0.4, 0.5) is 0 Å². The van der Waals surface area contributed by atoms with Crippen LogP contribution < -0.4 is 0 Å². The lowest BCUT2D eigenvalue weighted by Gasteiger charge is -1.98. The van der Waals surface area contributed by atoms with E-state index in [1.807, 2.05) is 18.2 Å². The number of imidazole rings is 1. The normalized spacial score (nSPS) is 10.9. The predicted octanol–water partition coefficient (Wildman–Crippen LogP) is 1.14. The van der Waals surface area contributed by atoms with Gasteiger partial charge in [-0.3, -0.25) is 0 Å². The molecule has 5 nitrogen and oxygen atoms in total. The topological polar surface area (TPSA) is 59.4 Å². The van der Waals surface area contributed by atoms with E-state index in [1.54, 1.807) is 17.3 Å². The number of H-pyrrole nitrogens is 1. The van der Waals surface area contributed by atoms with E-state index >= 15 is 0 Å². The van der Waals surface area contributed by atoms with Crippen molar-refractivity contribution in [3.05, 3.63) is 37.2 Å². The van der Waals surface area contributed by atoms with Gasteiger partial charge in [-0.15, -0.1) is 0 Å². The minimum absolute atomic E-state index is 0.953. The Morgan fingerprint density at radius 2 is 2.29 bits per heavy atom. The average Bonchev–Trinajstić information content (AvgIpc) is 2.88. The largest absolute Gasteiger partial charge is 0.345 e. The van der Waals surface area contributed by atoms with Crippen molar-refractivity contribution in [2.75, 3.05) is 0 Å². The highest BCUT2D eigenvalue weighted by Gasteiger charge is 1.99. The second-order valence-corrected chi connectivity index (χ2v) is 2.94. The molecule has 5 heteroatoms. The van der Waals surface area contributed by atoms with Crippen molar-refractivity contribution >= 4 is 11.0 Å². The summed E-state index contributed by atoms with van der Waals surface area (Å²) in [6, 6.07) is 5.89. The zero-order valence-electron chi connectivity index (χ0n) is 7.25. The van der Waals surface area contributed by atoms with Gasteiger partial charge >= 0.3 is 0 Å². The lowest BCUT2D eigenvalue weighted by Crippen LogP contribution is -1.93. The van der Waals surface area contributed by atoms with Crippen LogP contribution in [-0.2, 0) is 0 Å². The second-order valence-electron chi connectivity index (χ2n) is 2.94. The zero-order chi connectivity index (χ0) is 9.38. The molecule has 0 aliphatic heterocycles. The van der Waals surface area contributed by atoms with Crippen LogP contribution in [0.2, 0.25) is 0 Å². The van der Waals surface area contributed by atoms with Gasteiger partial charge in [-0.25, -0.2) is 14.6 Å². The maximum atomic E-state index is 4.14. The molecule has 2 aromatic heterocycles. The number of hydrogen-bond donors (Lipinski definition) is 1. The first kappa shape index (κ1) is 7.25. The minimum Gasteiger partial charge on any atom is -0.345 e. The van der Waals surface area contributed by atoms with Crippen LogP contribution in [0, 0.1) is 0 Å². The third-order valence-corrected chi connectivity index (χ3v) is 2.09. The maximum absolute atomic E-state index is 4.14. The summed E-state index contributed by atoms with van der Waals surface area (Å²) in [5.74, 6) is 0. The third kappa shape index (κ3) is 0.990. The van der Waals surface area contributed by atoms with Gasteiger partial charge in [0.15, 0.2) is 0 Å². The van der Waals surface area contributed by atoms with Crippen LogP contribution in [0.1, 0.15) is 0 Å². The number of nitrogens with one attached hydrogen (secondary N) is 1. The van der Waals surface area contributed by atoms with E-state index in [4.69, 9.17) is 0 Å². The molecule has 0 radical (unpaired) electrons. The van der Waals surface area contributed by atoms with Gasteiger partial charge in [-0.2, -0.15) is 5.10 Å². The van der Waals surface area contributed by atoms with Crippen LogP contribution in [0.15, 0.2) is 37.2 Å². The number of hydrogen-bond acceptors (Lipinski definition) is 3. The Hall–Kier alpha value is -2.17. The molecule has 68 valence electrons. The molecule has 1 aromatic carbocycles. The van der Waals surface area contributed by atoms with Crippen LogP contribution in [0.5, 0.6) is 0 Å². The Balaban J connectivity index is 2.23. The van der Waals surface area contributed by atoms with Crippen molar-refractivity contribution in [2.24, 2.45) is 0 Å². The van der Waals surface area contributed by atoms with Gasteiger partial charge in [-0.05, 0) is 18.2 Å². The lowest BCUT2D eigenvalue weighted by molar-refractivity contribution is 0.880. The van der Waals surface area contributed by atoms with E-state index in [9.17, 15) is 0 Å². The molecule has 14 heavy (non-hydrogen) atoms. The summed E-state index contributed by atoms with van der Waals surface area (Å²) in [6.07, 6.45) is 4.85. The van der Waals surface area contributed by atoms with E-state index in [-0.39, 0.29) is 0 Å². The molecule has 0 atom stereocenters. The first-order chi connectivity index (χ1) is 6.93. The van der Waals surface area contributed by atoms with E-state index in [0.717, 1.165) is 16.7 Å². The first-order valence-corrected chi connectivity index (χ1v) is 4.21. The molecule has 0 amide bonds. The molecular weight excluding hydrogens is 178 g/mol. The number of rotatable bonds is 1. The maximum Gasteiger partial charge on any atom is 0.138 e. The summed E-state index contributed by atoms with van der Waals surface area (Å²) >= 11 is 0. The Labute approximate surface area is 79.4 Å². The fraction of sp³-hybridized carbons (Fsp3) is 0. The van der Waals surface area contributed by atoms with Gasteiger partial charge in [0.25, 0.3) is 0 Å². The molecule has 0 aliphatic carbocycles. The van der Waals surface area contributed by atoms with Gasteiger partial charge in [0, 0.05) is 0 Å². The highest BCUT2D eigenvalue weighted by atomic mass is 15.3. The van der Waals surface area contributed by atoms with Crippen molar-refractivity contribution in [2.45, 2.75) is 0 Å². The Morgan fingerprint density at radius 1 is 1.29 bits per heavy atom. The number of aromatic amines is 1. The summed E-state index contributed by atoms with van der Waals surface area (Å²) < 4.78 is 1.71. The second kappa shape index (κ2) is 2.66. The van der Waals surface area contributed by atoms with Gasteiger partial charge < -0.3 is 4.98 Å². The fourth-order valence-corrected chi connectivity index (χ4v) is 1.41. The van der Waals surface area contributed by atoms with Gasteiger partial charge in [0.1, 0.15) is 12.7 Å². The molecule has 1 N–H and O–H groups in total. The van der Waals surface area contributed by atoms with Crippen molar-refractivity contribution in [3.63, 3.8) is 0 Å². The predicted molar refractivity (Wildman–Crippen MR) is 51.0 cm³/mol. The van der Waals surface area contributed by atoms with Crippen molar-refractivity contribution < 1.29 is 0 Å². The number of nitrogens with zero attached hydrogens (tertiary/aromatic N) is 4. The number of aromatic nitrogens is 5. The highest BCUT2D eigenvalue weighted by molar-refractivity contribution is 5.76. The zero-order valence-corrected chi connectivity index (χ0v) is 7.25. The SMILES string of the molecule is c1ncn(-c2ccc3nc[nH]c3c2)n1. The van der Waals surface area contributed by atoms with Gasteiger partial charge in [-0.1, -0.05) is 0 Å². The van der Waals surface area contributed by atoms with Gasteiger partial charge in [0.05, 0.1) is 23.0 Å². The molecule has 0 bridgehead atoms. The monoisotopic (exact) mass is 185 g/mol. The van der Waals surface area contributed by atoms with Gasteiger partial charge in [0.2, 0.25) is 0 Å². The van der Waals surface area contributed by atoms with E-state index in [0.29, 0.717) is 0 Å². The molecular formula is C9H7N5. The number of fused-ring (bicyclic) bond motifs is 1. The van der Waals surface area contributed by atoms with Crippen molar-refractivity contribution in [1.29, 1.82) is 0 Å². The van der Waals surface area contributed by atoms with E-state index in [1.165, 1.54) is 6.33 Å². The third-order valence-electron chi connectivity index (χ3n) is 2.09. The molecule has 3 rings (SSSR count). The molecule has 0 spiro atoms. The molecule has 0 saturated heterocycles. The summed E-state index contributed by atoms with van der Waals surface area (Å²) in [5, 5.41) is 4.05. The Kier molecular flexibility index (Phi) is 1.38. The molecule has 3 aromatic rings. The molecule has 0 fully saturated rings. The minimum atomic E-state index is 0.953.